The van der Waals surface area contributed by atoms with Crippen LogP contribution < -0.4 is 0 Å². The average Bonchev–Trinajstić information content (AvgIpc) is 2.21. The van der Waals surface area contributed by atoms with Crippen molar-refractivity contribution in [1.82, 2.24) is 15.0 Å². The van der Waals surface area contributed by atoms with Crippen LogP contribution in [0.2, 0.25) is 0 Å². The maximum Gasteiger partial charge on any atom is 0.178 e. The zero-order valence-electron chi connectivity index (χ0n) is 8.15. The highest BCUT2D eigenvalue weighted by molar-refractivity contribution is 5.69. The van der Waals surface area contributed by atoms with E-state index in [-0.39, 0.29) is 0 Å². The maximum absolute atomic E-state index is 4.12. The van der Waals surface area contributed by atoms with E-state index in [1.54, 1.807) is 18.6 Å². The Morgan fingerprint density at radius 2 is 1.69 bits per heavy atom. The summed E-state index contributed by atoms with van der Waals surface area (Å²) in [6, 6.07) is 1.97. The molecule has 68 valence electrons. The molecule has 0 fully saturated rings. The van der Waals surface area contributed by atoms with E-state index >= 15 is 0 Å². The topological polar surface area (TPSA) is 38.7 Å². The fourth-order valence-electron chi connectivity index (χ4n) is 0.959. The van der Waals surface area contributed by atoms with E-state index in [2.05, 4.69) is 15.0 Å². The number of fused-ring (bicyclic) bond motifs is 1. The quantitative estimate of drug-likeness (QED) is 0.617. The Labute approximate surface area is 77.9 Å². The summed E-state index contributed by atoms with van der Waals surface area (Å²) in [4.78, 5) is 12.3. The Balaban J connectivity index is 0.000000396. The molecule has 0 spiro atoms. The third-order valence-corrected chi connectivity index (χ3v) is 1.46. The first-order valence-corrected chi connectivity index (χ1v) is 4.39. The van der Waals surface area contributed by atoms with E-state index in [1.165, 1.54) is 0 Å². The molecule has 0 aliphatic heterocycles. The molecule has 2 rings (SSSR count). The second-order valence-electron chi connectivity index (χ2n) is 2.41. The SMILES string of the molecule is CC.Cc1cnc2nccnc2c1. The summed E-state index contributed by atoms with van der Waals surface area (Å²) in [7, 11) is 0. The Bertz CT molecular complexity index is 385. The van der Waals surface area contributed by atoms with Crippen LogP contribution in [0.4, 0.5) is 0 Å². The molecule has 0 aromatic carbocycles. The predicted octanol–water partition coefficient (Wildman–Crippen LogP) is 2.36. The number of nitrogens with zero attached hydrogens (tertiary/aromatic N) is 3. The van der Waals surface area contributed by atoms with E-state index in [1.807, 2.05) is 26.8 Å². The lowest BCUT2D eigenvalue weighted by atomic mass is 10.3. The Morgan fingerprint density at radius 3 is 2.46 bits per heavy atom. The van der Waals surface area contributed by atoms with Crippen LogP contribution in [0, 0.1) is 6.92 Å². The second kappa shape index (κ2) is 4.50. The minimum absolute atomic E-state index is 0.707. The lowest BCUT2D eigenvalue weighted by Crippen LogP contribution is -1.86. The van der Waals surface area contributed by atoms with Crippen molar-refractivity contribution in [2.24, 2.45) is 0 Å². The zero-order chi connectivity index (χ0) is 9.68. The number of rotatable bonds is 0. The summed E-state index contributed by atoms with van der Waals surface area (Å²) >= 11 is 0. The van der Waals surface area contributed by atoms with E-state index in [0.717, 1.165) is 11.1 Å². The molecule has 0 radical (unpaired) electrons. The van der Waals surface area contributed by atoms with Crippen LogP contribution in [0.15, 0.2) is 24.7 Å². The number of aromatic nitrogens is 3. The van der Waals surface area contributed by atoms with Crippen molar-refractivity contribution >= 4 is 11.2 Å². The van der Waals surface area contributed by atoms with Crippen LogP contribution in [0.3, 0.4) is 0 Å². The van der Waals surface area contributed by atoms with E-state index in [9.17, 15) is 0 Å². The molecular formula is C10H13N3. The molecule has 0 aliphatic carbocycles. The predicted molar refractivity (Wildman–Crippen MR) is 53.4 cm³/mol. The van der Waals surface area contributed by atoms with Crippen molar-refractivity contribution < 1.29 is 0 Å². The van der Waals surface area contributed by atoms with Gasteiger partial charge in [0.2, 0.25) is 0 Å². The number of hydrogen-bond acceptors (Lipinski definition) is 3. The molecule has 3 heteroatoms. The first kappa shape index (κ1) is 9.58. The van der Waals surface area contributed by atoms with Crippen molar-refractivity contribution in [3.63, 3.8) is 0 Å². The van der Waals surface area contributed by atoms with Gasteiger partial charge in [-0.1, -0.05) is 13.8 Å². The van der Waals surface area contributed by atoms with Crippen LogP contribution in [-0.4, -0.2) is 15.0 Å². The molecule has 0 saturated heterocycles. The van der Waals surface area contributed by atoms with Crippen molar-refractivity contribution in [3.05, 3.63) is 30.2 Å². The first-order chi connectivity index (χ1) is 6.36. The molecule has 3 nitrogen and oxygen atoms in total. The highest BCUT2D eigenvalue weighted by Crippen LogP contribution is 2.05. The van der Waals surface area contributed by atoms with Gasteiger partial charge in [-0.3, -0.25) is 4.98 Å². The summed E-state index contributed by atoms with van der Waals surface area (Å²) in [5, 5.41) is 0. The maximum atomic E-state index is 4.12. The summed E-state index contributed by atoms with van der Waals surface area (Å²) < 4.78 is 0. The Hall–Kier alpha value is -1.51. The van der Waals surface area contributed by atoms with Gasteiger partial charge in [-0.25, -0.2) is 9.97 Å². The van der Waals surface area contributed by atoms with Gasteiger partial charge < -0.3 is 0 Å². The van der Waals surface area contributed by atoms with E-state index < -0.39 is 0 Å². The van der Waals surface area contributed by atoms with Crippen molar-refractivity contribution in [1.29, 1.82) is 0 Å². The molecular weight excluding hydrogens is 162 g/mol. The van der Waals surface area contributed by atoms with Gasteiger partial charge >= 0.3 is 0 Å². The highest BCUT2D eigenvalue weighted by atomic mass is 14.9. The lowest BCUT2D eigenvalue weighted by Gasteiger charge is -1.94. The smallest absolute Gasteiger partial charge is 0.178 e. The second-order valence-corrected chi connectivity index (χ2v) is 2.41. The third-order valence-electron chi connectivity index (χ3n) is 1.46. The molecule has 0 bridgehead atoms. The summed E-state index contributed by atoms with van der Waals surface area (Å²) in [5.74, 6) is 0. The van der Waals surface area contributed by atoms with Crippen LogP contribution in [0.5, 0.6) is 0 Å². The van der Waals surface area contributed by atoms with Crippen molar-refractivity contribution in [3.8, 4) is 0 Å². The van der Waals surface area contributed by atoms with Crippen LogP contribution in [-0.2, 0) is 0 Å². The molecule has 0 N–H and O–H groups in total. The summed E-state index contributed by atoms with van der Waals surface area (Å²) in [6.07, 6.45) is 5.10. The first-order valence-electron chi connectivity index (χ1n) is 4.39. The van der Waals surface area contributed by atoms with Gasteiger partial charge in [0, 0.05) is 18.6 Å². The van der Waals surface area contributed by atoms with Crippen molar-refractivity contribution in [2.45, 2.75) is 20.8 Å². The van der Waals surface area contributed by atoms with Crippen LogP contribution in [0.1, 0.15) is 19.4 Å². The molecule has 2 aromatic rings. The molecule has 2 aromatic heterocycles. The largest absolute Gasteiger partial charge is 0.251 e. The molecule has 0 saturated carbocycles. The van der Waals surface area contributed by atoms with Gasteiger partial charge in [0.15, 0.2) is 5.65 Å². The fourth-order valence-corrected chi connectivity index (χ4v) is 0.959. The van der Waals surface area contributed by atoms with Gasteiger partial charge in [0.05, 0.1) is 0 Å². The number of pyridine rings is 1. The molecule has 0 unspecified atom stereocenters. The third kappa shape index (κ3) is 2.21. The molecule has 0 aliphatic rings. The highest BCUT2D eigenvalue weighted by Gasteiger charge is 1.93. The summed E-state index contributed by atoms with van der Waals surface area (Å²) in [6.45, 7) is 5.99. The number of hydrogen-bond donors (Lipinski definition) is 0. The fraction of sp³-hybridized carbons (Fsp3) is 0.300. The van der Waals surface area contributed by atoms with Gasteiger partial charge in [-0.05, 0) is 18.6 Å². The lowest BCUT2D eigenvalue weighted by molar-refractivity contribution is 1.20. The van der Waals surface area contributed by atoms with Gasteiger partial charge in [0.1, 0.15) is 5.52 Å². The monoisotopic (exact) mass is 175 g/mol. The normalized spacial score (nSPS) is 9.15. The van der Waals surface area contributed by atoms with Crippen LogP contribution >= 0.6 is 0 Å². The van der Waals surface area contributed by atoms with Gasteiger partial charge in [0.25, 0.3) is 0 Å². The minimum atomic E-state index is 0.707. The van der Waals surface area contributed by atoms with E-state index in [0.29, 0.717) is 5.65 Å². The molecule has 2 heterocycles. The standard InChI is InChI=1S/C8H7N3.C2H6/c1-6-4-7-8(11-5-6)10-3-2-9-7;1-2/h2-5H,1H3;1-2H3. The minimum Gasteiger partial charge on any atom is -0.251 e. The number of aryl methyl sites for hydroxylation is 1. The zero-order valence-corrected chi connectivity index (χ0v) is 8.15. The van der Waals surface area contributed by atoms with Gasteiger partial charge in [-0.15, -0.1) is 0 Å². The molecule has 0 amide bonds. The Morgan fingerprint density at radius 1 is 1.00 bits per heavy atom. The summed E-state index contributed by atoms with van der Waals surface area (Å²) in [5.41, 5.74) is 2.67. The molecule has 13 heavy (non-hydrogen) atoms. The van der Waals surface area contributed by atoms with E-state index in [4.69, 9.17) is 0 Å². The Kier molecular flexibility index (Phi) is 3.31. The van der Waals surface area contributed by atoms with Crippen LogP contribution in [0.25, 0.3) is 11.2 Å². The molecule has 0 atom stereocenters. The van der Waals surface area contributed by atoms with Gasteiger partial charge in [-0.2, -0.15) is 0 Å². The van der Waals surface area contributed by atoms with Crippen molar-refractivity contribution in [2.75, 3.05) is 0 Å². The average molecular weight is 175 g/mol.